The fraction of sp³-hybridized carbons (Fsp3) is 0.500. The second-order valence-corrected chi connectivity index (χ2v) is 6.02. The number of ether oxygens (including phenoxy) is 1. The predicted octanol–water partition coefficient (Wildman–Crippen LogP) is 2.19. The van der Waals surface area contributed by atoms with E-state index in [-0.39, 0.29) is 5.37 Å². The fourth-order valence-electron chi connectivity index (χ4n) is 2.08. The Morgan fingerprint density at radius 3 is 2.95 bits per heavy atom. The number of thioether (sulfide) groups is 1. The van der Waals surface area contributed by atoms with Crippen LogP contribution >= 0.6 is 11.8 Å². The molecule has 0 saturated carbocycles. The number of rotatable bonds is 5. The number of hydrogen-bond donors (Lipinski definition) is 2. The summed E-state index contributed by atoms with van der Waals surface area (Å²) in [7, 11) is 0. The molecule has 0 radical (unpaired) electrons. The first-order valence-corrected chi connectivity index (χ1v) is 7.41. The van der Waals surface area contributed by atoms with Gasteiger partial charge in [-0.05, 0) is 25.5 Å². The van der Waals surface area contributed by atoms with Gasteiger partial charge >= 0.3 is 5.97 Å². The molecule has 4 nitrogen and oxygen atoms in total. The summed E-state index contributed by atoms with van der Waals surface area (Å²) in [4.78, 5) is 10.8. The number of carboxylic acids is 1. The molecule has 2 unspecified atom stereocenters. The lowest BCUT2D eigenvalue weighted by molar-refractivity contribution is -0.138. The molecule has 2 N–H and O–H groups in total. The first kappa shape index (κ1) is 14.2. The van der Waals surface area contributed by atoms with Crippen molar-refractivity contribution in [1.82, 2.24) is 5.32 Å². The third kappa shape index (κ3) is 3.88. The zero-order valence-corrected chi connectivity index (χ0v) is 12.0. The highest BCUT2D eigenvalue weighted by molar-refractivity contribution is 8.00. The number of nitrogens with one attached hydrogen (secondary N) is 1. The molecule has 0 spiro atoms. The van der Waals surface area contributed by atoms with Crippen LogP contribution in [0, 0.1) is 13.8 Å². The molecule has 0 bridgehead atoms. The van der Waals surface area contributed by atoms with Crippen molar-refractivity contribution in [1.29, 1.82) is 0 Å². The molecule has 2 rings (SSSR count). The smallest absolute Gasteiger partial charge is 0.321 e. The molecular weight excluding hydrogens is 262 g/mol. The molecular formula is C14H19NO3S. The zero-order chi connectivity index (χ0) is 13.8. The van der Waals surface area contributed by atoms with E-state index in [1.807, 2.05) is 19.1 Å². The first-order valence-electron chi connectivity index (χ1n) is 6.37. The average molecular weight is 281 g/mol. The van der Waals surface area contributed by atoms with Crippen LogP contribution in [0.4, 0.5) is 0 Å². The average Bonchev–Trinajstić information content (AvgIpc) is 2.81. The molecule has 5 heteroatoms. The van der Waals surface area contributed by atoms with E-state index >= 15 is 0 Å². The highest BCUT2D eigenvalue weighted by Crippen LogP contribution is 2.23. The van der Waals surface area contributed by atoms with Crippen molar-refractivity contribution < 1.29 is 14.6 Å². The van der Waals surface area contributed by atoms with E-state index in [0.29, 0.717) is 12.4 Å². The maximum absolute atomic E-state index is 10.8. The van der Waals surface area contributed by atoms with Crippen molar-refractivity contribution in [2.24, 2.45) is 0 Å². The van der Waals surface area contributed by atoms with Crippen LogP contribution in [0.25, 0.3) is 0 Å². The quantitative estimate of drug-likeness (QED) is 0.866. The number of aryl methyl sites for hydroxylation is 2. The maximum Gasteiger partial charge on any atom is 0.321 e. The van der Waals surface area contributed by atoms with E-state index in [9.17, 15) is 4.79 Å². The molecule has 1 aliphatic heterocycles. The number of carboxylic acid groups (broad SMARTS) is 1. The lowest BCUT2D eigenvalue weighted by atomic mass is 10.1. The van der Waals surface area contributed by atoms with Crippen LogP contribution in [0.2, 0.25) is 0 Å². The Kier molecular flexibility index (Phi) is 4.71. The lowest BCUT2D eigenvalue weighted by Crippen LogP contribution is -2.37. The summed E-state index contributed by atoms with van der Waals surface area (Å²) < 4.78 is 5.75. The van der Waals surface area contributed by atoms with Gasteiger partial charge in [-0.25, -0.2) is 0 Å². The van der Waals surface area contributed by atoms with Gasteiger partial charge in [0.15, 0.2) is 0 Å². The van der Waals surface area contributed by atoms with Crippen LogP contribution in [0.3, 0.4) is 0 Å². The van der Waals surface area contributed by atoms with Gasteiger partial charge in [-0.15, -0.1) is 11.8 Å². The van der Waals surface area contributed by atoms with E-state index in [1.54, 1.807) is 11.8 Å². The van der Waals surface area contributed by atoms with Crippen LogP contribution < -0.4 is 10.1 Å². The molecule has 0 aromatic heterocycles. The predicted molar refractivity (Wildman–Crippen MR) is 76.8 cm³/mol. The summed E-state index contributed by atoms with van der Waals surface area (Å²) in [6.07, 6.45) is 0.807. The van der Waals surface area contributed by atoms with E-state index < -0.39 is 12.0 Å². The Morgan fingerprint density at radius 1 is 1.53 bits per heavy atom. The summed E-state index contributed by atoms with van der Waals surface area (Å²) >= 11 is 1.65. The molecule has 1 aliphatic rings. The summed E-state index contributed by atoms with van der Waals surface area (Å²) in [5, 5.41) is 12.1. The van der Waals surface area contributed by atoms with Crippen molar-refractivity contribution in [3.63, 3.8) is 0 Å². The van der Waals surface area contributed by atoms with Gasteiger partial charge < -0.3 is 9.84 Å². The molecule has 1 saturated heterocycles. The molecule has 19 heavy (non-hydrogen) atoms. The number of aliphatic carboxylic acids is 1. The van der Waals surface area contributed by atoms with Crippen molar-refractivity contribution in [2.45, 2.75) is 31.7 Å². The Balaban J connectivity index is 1.77. The van der Waals surface area contributed by atoms with Crippen molar-refractivity contribution >= 4 is 17.7 Å². The molecule has 1 fully saturated rings. The third-order valence-corrected chi connectivity index (χ3v) is 4.42. The normalized spacial score (nSPS) is 22.4. The molecule has 1 heterocycles. The molecule has 0 aliphatic carbocycles. The molecule has 1 aromatic rings. The third-order valence-electron chi connectivity index (χ3n) is 3.12. The summed E-state index contributed by atoms with van der Waals surface area (Å²) in [6.45, 7) is 4.69. The molecule has 1 aromatic carbocycles. The van der Waals surface area contributed by atoms with Gasteiger partial charge in [0.05, 0.1) is 12.0 Å². The minimum atomic E-state index is -0.773. The van der Waals surface area contributed by atoms with Crippen LogP contribution in [0.1, 0.15) is 17.5 Å². The van der Waals surface area contributed by atoms with Gasteiger partial charge in [0, 0.05) is 12.2 Å². The van der Waals surface area contributed by atoms with Gasteiger partial charge in [-0.3, -0.25) is 10.1 Å². The zero-order valence-electron chi connectivity index (χ0n) is 11.2. The van der Waals surface area contributed by atoms with Crippen LogP contribution in [0.15, 0.2) is 18.2 Å². The largest absolute Gasteiger partial charge is 0.493 e. The van der Waals surface area contributed by atoms with E-state index in [2.05, 4.69) is 18.3 Å². The van der Waals surface area contributed by atoms with Crippen LogP contribution in [0.5, 0.6) is 5.75 Å². The van der Waals surface area contributed by atoms with Gasteiger partial charge in [-0.2, -0.15) is 0 Å². The highest BCUT2D eigenvalue weighted by Gasteiger charge is 2.28. The van der Waals surface area contributed by atoms with Crippen molar-refractivity contribution in [2.75, 3.05) is 12.4 Å². The van der Waals surface area contributed by atoms with Gasteiger partial charge in [0.25, 0.3) is 0 Å². The van der Waals surface area contributed by atoms with E-state index in [4.69, 9.17) is 9.84 Å². The Bertz CT molecular complexity index is 464. The minimum absolute atomic E-state index is 0.173. The topological polar surface area (TPSA) is 58.6 Å². The lowest BCUT2D eigenvalue weighted by Gasteiger charge is -2.13. The van der Waals surface area contributed by atoms with Crippen LogP contribution in [-0.2, 0) is 4.79 Å². The maximum atomic E-state index is 10.8. The van der Waals surface area contributed by atoms with Gasteiger partial charge in [0.1, 0.15) is 11.8 Å². The number of carbonyl (C=O) groups is 1. The standard InChI is InChI=1S/C14H19NO3S/c1-9-3-4-12(10(2)7-9)18-6-5-13-15-11(8-19-13)14(16)17/h3-4,7,11,13,15H,5-6,8H2,1-2H3,(H,16,17). The number of benzene rings is 1. The number of hydrogen-bond acceptors (Lipinski definition) is 4. The highest BCUT2D eigenvalue weighted by atomic mass is 32.2. The van der Waals surface area contributed by atoms with E-state index in [0.717, 1.165) is 17.7 Å². The van der Waals surface area contributed by atoms with Crippen LogP contribution in [-0.4, -0.2) is 34.9 Å². The van der Waals surface area contributed by atoms with Crippen molar-refractivity contribution in [3.05, 3.63) is 29.3 Å². The first-order chi connectivity index (χ1) is 9.06. The Hall–Kier alpha value is -1.20. The van der Waals surface area contributed by atoms with Gasteiger partial charge in [-0.1, -0.05) is 17.7 Å². The van der Waals surface area contributed by atoms with Gasteiger partial charge in [0.2, 0.25) is 0 Å². The summed E-state index contributed by atoms with van der Waals surface area (Å²) in [6, 6.07) is 5.69. The summed E-state index contributed by atoms with van der Waals surface area (Å²) in [5.74, 6) is 0.762. The monoisotopic (exact) mass is 281 g/mol. The molecule has 104 valence electrons. The fourth-order valence-corrected chi connectivity index (χ4v) is 3.27. The SMILES string of the molecule is Cc1ccc(OCCC2NC(C(=O)O)CS2)c(C)c1. The minimum Gasteiger partial charge on any atom is -0.493 e. The Morgan fingerprint density at radius 2 is 2.32 bits per heavy atom. The van der Waals surface area contributed by atoms with E-state index in [1.165, 1.54) is 5.56 Å². The molecule has 0 amide bonds. The summed E-state index contributed by atoms with van der Waals surface area (Å²) in [5.41, 5.74) is 2.36. The second-order valence-electron chi connectivity index (χ2n) is 4.79. The Labute approximate surface area is 117 Å². The van der Waals surface area contributed by atoms with Crippen molar-refractivity contribution in [3.8, 4) is 5.75 Å². The molecule has 2 atom stereocenters. The second kappa shape index (κ2) is 6.30.